The first-order valence-corrected chi connectivity index (χ1v) is 20.9. The van der Waals surface area contributed by atoms with Gasteiger partial charge in [0.1, 0.15) is 6.61 Å². The number of carbonyl (C=O) groups excluding carboxylic acids is 2. The van der Waals surface area contributed by atoms with Gasteiger partial charge in [0.25, 0.3) is 0 Å². The van der Waals surface area contributed by atoms with Gasteiger partial charge < -0.3 is 20.1 Å². The summed E-state index contributed by atoms with van der Waals surface area (Å²) in [6.07, 6.45) is 50.0. The molecule has 9 nitrogen and oxygen atoms in total. The van der Waals surface area contributed by atoms with Crippen molar-refractivity contribution in [1.82, 2.24) is 0 Å². The van der Waals surface area contributed by atoms with E-state index in [0.717, 1.165) is 77.0 Å². The summed E-state index contributed by atoms with van der Waals surface area (Å²) in [5, 5.41) is 0. The minimum Gasteiger partial charge on any atom is -0.462 e. The highest BCUT2D eigenvalue weighted by atomic mass is 31.2. The second kappa shape index (κ2) is 38.4. The van der Waals surface area contributed by atoms with E-state index in [1.165, 1.54) is 0 Å². The van der Waals surface area contributed by atoms with Crippen LogP contribution >= 0.6 is 7.82 Å². The molecule has 0 bridgehead atoms. The van der Waals surface area contributed by atoms with Gasteiger partial charge in [-0.3, -0.25) is 18.6 Å². The molecule has 0 aromatic carbocycles. The van der Waals surface area contributed by atoms with Crippen molar-refractivity contribution < 1.29 is 37.6 Å². The first kappa shape index (κ1) is 49.7. The number of hydrogen-bond donors (Lipinski definition) is 2. The van der Waals surface area contributed by atoms with E-state index in [0.29, 0.717) is 12.8 Å². The number of allylic oxidation sites excluding steroid dienone is 18. The van der Waals surface area contributed by atoms with Gasteiger partial charge in [0, 0.05) is 19.4 Å². The minimum absolute atomic E-state index is 0.0311. The lowest BCUT2D eigenvalue weighted by molar-refractivity contribution is -0.161. The standard InChI is InChI=1S/C43H68NO8P/c1-3-5-7-9-11-13-15-17-18-19-20-21-22-24-26-28-30-32-34-36-43(46)52-41(40-51-53(47,48)50-38-37-44)39-49-42(45)35-33-31-29-27-25-23-16-14-12-10-8-6-4-2/h5-8,11-14,17-18,20-21,23-26,30,32,41H,3-4,9-10,15-16,19,22,27-29,31,33-40,44H2,1-2H3,(H,47,48)/b7-5-,8-6-,13-11-,14-12-,18-17-,21-20-,25-23-,26-24-,32-30-. The van der Waals surface area contributed by atoms with Gasteiger partial charge in [0.2, 0.25) is 0 Å². The number of ether oxygens (including phenoxy) is 2. The van der Waals surface area contributed by atoms with Crippen molar-refractivity contribution >= 4 is 19.8 Å². The summed E-state index contributed by atoms with van der Waals surface area (Å²) >= 11 is 0. The van der Waals surface area contributed by atoms with Gasteiger partial charge in [-0.25, -0.2) is 4.57 Å². The number of nitrogens with two attached hydrogens (primary N) is 1. The maximum atomic E-state index is 12.5. The Morgan fingerprint density at radius 3 is 1.49 bits per heavy atom. The molecular formula is C43H68NO8P. The van der Waals surface area contributed by atoms with Crippen LogP contribution in [0.4, 0.5) is 0 Å². The van der Waals surface area contributed by atoms with E-state index in [-0.39, 0.29) is 32.6 Å². The van der Waals surface area contributed by atoms with Gasteiger partial charge in [-0.15, -0.1) is 0 Å². The van der Waals surface area contributed by atoms with Crippen molar-refractivity contribution in [3.63, 3.8) is 0 Å². The average molecular weight is 758 g/mol. The molecule has 10 heteroatoms. The molecule has 0 aliphatic carbocycles. The van der Waals surface area contributed by atoms with Crippen LogP contribution in [0.25, 0.3) is 0 Å². The molecule has 0 rings (SSSR count). The van der Waals surface area contributed by atoms with Crippen LogP contribution in [0.5, 0.6) is 0 Å². The zero-order valence-corrected chi connectivity index (χ0v) is 33.3. The Labute approximate surface area is 320 Å². The molecule has 0 aromatic heterocycles. The third kappa shape index (κ3) is 38.2. The molecule has 0 amide bonds. The molecule has 53 heavy (non-hydrogen) atoms. The van der Waals surface area contributed by atoms with E-state index in [1.54, 1.807) is 0 Å². The second-order valence-corrected chi connectivity index (χ2v) is 13.5. The highest BCUT2D eigenvalue weighted by Crippen LogP contribution is 2.43. The summed E-state index contributed by atoms with van der Waals surface area (Å²) < 4.78 is 32.5. The quantitative estimate of drug-likeness (QED) is 0.0285. The van der Waals surface area contributed by atoms with Gasteiger partial charge in [0.15, 0.2) is 6.10 Å². The zero-order valence-electron chi connectivity index (χ0n) is 32.4. The van der Waals surface area contributed by atoms with Crippen molar-refractivity contribution in [2.75, 3.05) is 26.4 Å². The number of unbranched alkanes of at least 4 members (excludes halogenated alkanes) is 3. The maximum absolute atomic E-state index is 12.5. The Hall–Kier alpha value is -3.33. The maximum Gasteiger partial charge on any atom is 0.472 e. The molecule has 3 N–H and O–H groups in total. The van der Waals surface area contributed by atoms with Gasteiger partial charge in [-0.1, -0.05) is 130 Å². The monoisotopic (exact) mass is 757 g/mol. The molecule has 0 aliphatic rings. The smallest absolute Gasteiger partial charge is 0.462 e. The molecule has 2 unspecified atom stereocenters. The Bertz CT molecular complexity index is 1230. The number of rotatable bonds is 34. The number of phosphoric acid groups is 1. The van der Waals surface area contributed by atoms with Crippen molar-refractivity contribution in [1.29, 1.82) is 0 Å². The highest BCUT2D eigenvalue weighted by molar-refractivity contribution is 7.47. The first-order chi connectivity index (χ1) is 25.8. The largest absolute Gasteiger partial charge is 0.472 e. The first-order valence-electron chi connectivity index (χ1n) is 19.4. The van der Waals surface area contributed by atoms with E-state index in [1.807, 2.05) is 12.2 Å². The van der Waals surface area contributed by atoms with Gasteiger partial charge in [-0.05, 0) is 83.5 Å². The predicted octanol–water partition coefficient (Wildman–Crippen LogP) is 10.8. The summed E-state index contributed by atoms with van der Waals surface area (Å²) in [5.74, 6) is -0.977. The normalized spacial score (nSPS) is 14.6. The summed E-state index contributed by atoms with van der Waals surface area (Å²) in [7, 11) is -4.41. The molecule has 298 valence electrons. The molecule has 2 atom stereocenters. The number of carbonyl (C=O) groups is 2. The molecule has 0 saturated heterocycles. The molecule has 0 spiro atoms. The zero-order chi connectivity index (χ0) is 38.9. The number of phosphoric ester groups is 1. The van der Waals surface area contributed by atoms with Crippen LogP contribution in [0.2, 0.25) is 0 Å². The molecular weight excluding hydrogens is 689 g/mol. The minimum atomic E-state index is -4.41. The van der Waals surface area contributed by atoms with Crippen LogP contribution in [-0.4, -0.2) is 49.3 Å². The predicted molar refractivity (Wildman–Crippen MR) is 219 cm³/mol. The lowest BCUT2D eigenvalue weighted by atomic mass is 10.1. The second-order valence-electron chi connectivity index (χ2n) is 12.0. The summed E-state index contributed by atoms with van der Waals surface area (Å²) in [5.41, 5.74) is 5.32. The third-order valence-corrected chi connectivity index (χ3v) is 8.15. The molecule has 0 aliphatic heterocycles. The fourth-order valence-corrected chi connectivity index (χ4v) is 5.14. The van der Waals surface area contributed by atoms with Crippen molar-refractivity contribution in [3.8, 4) is 0 Å². The van der Waals surface area contributed by atoms with Crippen molar-refractivity contribution in [2.45, 2.75) is 123 Å². The Balaban J connectivity index is 4.42. The van der Waals surface area contributed by atoms with E-state index >= 15 is 0 Å². The Kier molecular flexibility index (Phi) is 36.0. The van der Waals surface area contributed by atoms with Gasteiger partial charge in [0.05, 0.1) is 13.2 Å². The molecule has 0 saturated carbocycles. The number of hydrogen-bond acceptors (Lipinski definition) is 8. The van der Waals surface area contributed by atoms with Crippen LogP contribution in [0, 0.1) is 0 Å². The van der Waals surface area contributed by atoms with Crippen molar-refractivity contribution in [2.24, 2.45) is 5.73 Å². The SMILES string of the molecule is CC/C=C\C/C=C\C/C=C\C/C=C\C/C=C\C/C=C\CCC(=O)OC(COC(=O)CCCCC/C=C\C/C=C\C/C=C\CC)COP(=O)(O)OCCN. The lowest BCUT2D eigenvalue weighted by Gasteiger charge is -2.19. The van der Waals surface area contributed by atoms with E-state index in [2.05, 4.69) is 111 Å². The van der Waals surface area contributed by atoms with Crippen LogP contribution in [0.3, 0.4) is 0 Å². The molecule has 0 heterocycles. The van der Waals surface area contributed by atoms with Gasteiger partial charge >= 0.3 is 19.8 Å². The summed E-state index contributed by atoms with van der Waals surface area (Å²) in [4.78, 5) is 34.7. The Morgan fingerprint density at radius 2 is 1.02 bits per heavy atom. The van der Waals surface area contributed by atoms with Crippen LogP contribution in [0.1, 0.15) is 117 Å². The highest BCUT2D eigenvalue weighted by Gasteiger charge is 2.25. The molecule has 0 radical (unpaired) electrons. The Morgan fingerprint density at radius 1 is 0.566 bits per heavy atom. The van der Waals surface area contributed by atoms with Crippen LogP contribution < -0.4 is 5.73 Å². The van der Waals surface area contributed by atoms with Crippen molar-refractivity contribution in [3.05, 3.63) is 109 Å². The fourth-order valence-electron chi connectivity index (χ4n) is 4.38. The van der Waals surface area contributed by atoms with Crippen LogP contribution in [-0.2, 0) is 32.7 Å². The van der Waals surface area contributed by atoms with E-state index < -0.39 is 32.5 Å². The summed E-state index contributed by atoms with van der Waals surface area (Å²) in [6.45, 7) is 3.33. The van der Waals surface area contributed by atoms with E-state index in [9.17, 15) is 19.0 Å². The number of esters is 2. The topological polar surface area (TPSA) is 134 Å². The summed E-state index contributed by atoms with van der Waals surface area (Å²) in [6, 6.07) is 0. The third-order valence-electron chi connectivity index (χ3n) is 7.17. The fraction of sp³-hybridized carbons (Fsp3) is 0.535. The van der Waals surface area contributed by atoms with E-state index in [4.69, 9.17) is 24.3 Å². The van der Waals surface area contributed by atoms with Crippen LogP contribution in [0.15, 0.2) is 109 Å². The lowest BCUT2D eigenvalue weighted by Crippen LogP contribution is -2.29. The average Bonchev–Trinajstić information content (AvgIpc) is 3.14. The molecule has 0 aromatic rings. The molecule has 0 fully saturated rings. The van der Waals surface area contributed by atoms with Gasteiger partial charge in [-0.2, -0.15) is 0 Å².